The molecule has 1 aliphatic carbocycles. The molecule has 1 aliphatic rings. The van der Waals surface area contributed by atoms with Crippen LogP contribution >= 0.6 is 31.9 Å². The zero-order valence-electron chi connectivity index (χ0n) is 11.5. The molecular formula is C16H22Br2O. The maximum absolute atomic E-state index is 5.57. The van der Waals surface area contributed by atoms with Crippen LogP contribution in [-0.4, -0.2) is 6.61 Å². The lowest BCUT2D eigenvalue weighted by atomic mass is 9.92. The van der Waals surface area contributed by atoms with E-state index in [0.717, 1.165) is 16.1 Å². The maximum Gasteiger partial charge on any atom is 0.133 e. The summed E-state index contributed by atoms with van der Waals surface area (Å²) < 4.78 is 6.63. The minimum atomic E-state index is 0.470. The van der Waals surface area contributed by atoms with Crippen LogP contribution in [0.3, 0.4) is 0 Å². The van der Waals surface area contributed by atoms with Gasteiger partial charge in [-0.1, -0.05) is 47.7 Å². The first kappa shape index (κ1) is 15.4. The molecular weight excluding hydrogens is 368 g/mol. The maximum atomic E-state index is 5.57. The molecule has 1 nitrogen and oxygen atoms in total. The third-order valence-corrected chi connectivity index (χ3v) is 5.78. The molecule has 1 aromatic rings. The Labute approximate surface area is 133 Å². The van der Waals surface area contributed by atoms with Gasteiger partial charge in [0.05, 0.1) is 11.1 Å². The smallest absolute Gasteiger partial charge is 0.133 e. The highest BCUT2D eigenvalue weighted by atomic mass is 79.9. The highest BCUT2D eigenvalue weighted by Gasteiger charge is 2.22. The molecule has 1 atom stereocenters. The second-order valence-electron chi connectivity index (χ2n) is 5.28. The van der Waals surface area contributed by atoms with Crippen molar-refractivity contribution in [2.24, 2.45) is 5.92 Å². The average molecular weight is 390 g/mol. The van der Waals surface area contributed by atoms with Crippen molar-refractivity contribution >= 4 is 31.9 Å². The summed E-state index contributed by atoms with van der Waals surface area (Å²) in [6, 6.07) is 6.48. The van der Waals surface area contributed by atoms with Gasteiger partial charge in [-0.05, 0) is 59.3 Å². The van der Waals surface area contributed by atoms with Gasteiger partial charge in [0, 0.05) is 4.83 Å². The summed E-state index contributed by atoms with van der Waals surface area (Å²) in [5, 5.41) is 0. The van der Waals surface area contributed by atoms with Gasteiger partial charge in [-0.2, -0.15) is 0 Å². The predicted molar refractivity (Wildman–Crippen MR) is 88.2 cm³/mol. The van der Waals surface area contributed by atoms with Gasteiger partial charge < -0.3 is 4.74 Å². The summed E-state index contributed by atoms with van der Waals surface area (Å²) in [4.78, 5) is 0.470. The van der Waals surface area contributed by atoms with Crippen molar-refractivity contribution in [3.63, 3.8) is 0 Å². The summed E-state index contributed by atoms with van der Waals surface area (Å²) in [6.07, 6.45) is 8.27. The van der Waals surface area contributed by atoms with E-state index < -0.39 is 0 Å². The number of hydrogen-bond donors (Lipinski definition) is 0. The van der Waals surface area contributed by atoms with E-state index in [4.69, 9.17) is 4.74 Å². The van der Waals surface area contributed by atoms with Gasteiger partial charge in [0.15, 0.2) is 0 Å². The van der Waals surface area contributed by atoms with Crippen LogP contribution in [0.2, 0.25) is 0 Å². The van der Waals surface area contributed by atoms with Crippen molar-refractivity contribution in [3.05, 3.63) is 28.2 Å². The molecule has 0 aromatic heterocycles. The molecule has 1 fully saturated rings. The Balaban J connectivity index is 2.09. The number of ether oxygens (including phenoxy) is 1. The Morgan fingerprint density at radius 2 is 1.89 bits per heavy atom. The third-order valence-electron chi connectivity index (χ3n) is 3.89. The zero-order valence-corrected chi connectivity index (χ0v) is 14.7. The van der Waals surface area contributed by atoms with Crippen LogP contribution in [0.1, 0.15) is 55.8 Å². The topological polar surface area (TPSA) is 9.23 Å². The van der Waals surface area contributed by atoms with Crippen LogP contribution in [0.25, 0.3) is 0 Å². The van der Waals surface area contributed by atoms with E-state index in [9.17, 15) is 0 Å². The number of alkyl halides is 1. The van der Waals surface area contributed by atoms with E-state index in [2.05, 4.69) is 50.1 Å². The molecule has 1 aromatic carbocycles. The normalized spacial score (nSPS) is 18.9. The van der Waals surface area contributed by atoms with Crippen molar-refractivity contribution in [1.82, 2.24) is 0 Å². The Hall–Kier alpha value is -0.0200. The van der Waals surface area contributed by atoms with E-state index in [1.54, 1.807) is 0 Å². The van der Waals surface area contributed by atoms with Crippen molar-refractivity contribution in [2.75, 3.05) is 6.61 Å². The number of halogens is 2. The van der Waals surface area contributed by atoms with Crippen molar-refractivity contribution < 1.29 is 4.74 Å². The van der Waals surface area contributed by atoms with Crippen molar-refractivity contribution in [1.29, 1.82) is 0 Å². The van der Waals surface area contributed by atoms with Gasteiger partial charge in [-0.15, -0.1) is 0 Å². The summed E-state index contributed by atoms with van der Waals surface area (Å²) >= 11 is 7.53. The Morgan fingerprint density at radius 1 is 1.21 bits per heavy atom. The molecule has 0 amide bonds. The summed E-state index contributed by atoms with van der Waals surface area (Å²) in [5.41, 5.74) is 1.36. The average Bonchev–Trinajstić information content (AvgIpc) is 2.69. The molecule has 2 rings (SSSR count). The highest BCUT2D eigenvalue weighted by molar-refractivity contribution is 9.10. The molecule has 3 heteroatoms. The van der Waals surface area contributed by atoms with Gasteiger partial charge >= 0.3 is 0 Å². The van der Waals surface area contributed by atoms with Crippen LogP contribution in [0.5, 0.6) is 5.75 Å². The van der Waals surface area contributed by atoms with Crippen molar-refractivity contribution in [2.45, 2.75) is 50.3 Å². The summed E-state index contributed by atoms with van der Waals surface area (Å²) in [5.74, 6) is 1.71. The second kappa shape index (κ2) is 7.68. The largest absolute Gasteiger partial charge is 0.493 e. The Morgan fingerprint density at radius 3 is 2.47 bits per heavy atom. The lowest BCUT2D eigenvalue weighted by Gasteiger charge is -2.22. The first-order valence-corrected chi connectivity index (χ1v) is 8.99. The molecule has 106 valence electrons. The monoisotopic (exact) mass is 388 g/mol. The van der Waals surface area contributed by atoms with Crippen LogP contribution in [0, 0.1) is 5.92 Å². The number of benzene rings is 1. The van der Waals surface area contributed by atoms with Gasteiger partial charge in [0.2, 0.25) is 0 Å². The Bertz CT molecular complexity index is 398. The fourth-order valence-corrected chi connectivity index (χ4v) is 4.16. The zero-order chi connectivity index (χ0) is 13.7. The van der Waals surface area contributed by atoms with E-state index in [1.165, 1.54) is 44.1 Å². The third kappa shape index (κ3) is 4.22. The van der Waals surface area contributed by atoms with E-state index in [-0.39, 0.29) is 0 Å². The van der Waals surface area contributed by atoms with Gasteiger partial charge in [0.25, 0.3) is 0 Å². The van der Waals surface area contributed by atoms with E-state index >= 15 is 0 Å². The summed E-state index contributed by atoms with van der Waals surface area (Å²) in [7, 11) is 0. The minimum absolute atomic E-state index is 0.470. The molecule has 0 spiro atoms. The van der Waals surface area contributed by atoms with Crippen LogP contribution in [0.4, 0.5) is 0 Å². The number of hydrogen-bond acceptors (Lipinski definition) is 1. The van der Waals surface area contributed by atoms with E-state index in [1.807, 2.05) is 6.92 Å². The lowest BCUT2D eigenvalue weighted by molar-refractivity contribution is 0.338. The van der Waals surface area contributed by atoms with Crippen LogP contribution < -0.4 is 4.74 Å². The predicted octanol–water partition coefficient (Wildman–Crippen LogP) is 6.25. The van der Waals surface area contributed by atoms with Gasteiger partial charge in [-0.3, -0.25) is 0 Å². The molecule has 0 bridgehead atoms. The molecule has 0 heterocycles. The first-order valence-electron chi connectivity index (χ1n) is 7.28. The number of rotatable bonds is 4. The quantitative estimate of drug-likeness (QED) is 0.436. The second-order valence-corrected chi connectivity index (χ2v) is 7.12. The fraction of sp³-hybridized carbons (Fsp3) is 0.625. The molecule has 19 heavy (non-hydrogen) atoms. The first-order chi connectivity index (χ1) is 9.22. The lowest BCUT2D eigenvalue weighted by Crippen LogP contribution is -2.07. The molecule has 0 radical (unpaired) electrons. The Kier molecular flexibility index (Phi) is 6.21. The molecule has 1 saturated carbocycles. The van der Waals surface area contributed by atoms with Crippen LogP contribution in [0.15, 0.2) is 22.7 Å². The standard InChI is InChI=1S/C16H22Br2O/c1-2-19-15-10-9-13(11-14(15)17)16(18)12-7-5-3-4-6-8-12/h9-12,16H,2-8H2,1H3. The highest BCUT2D eigenvalue weighted by Crippen LogP contribution is 2.41. The van der Waals surface area contributed by atoms with Crippen molar-refractivity contribution in [3.8, 4) is 5.75 Å². The van der Waals surface area contributed by atoms with Gasteiger partial charge in [-0.25, -0.2) is 0 Å². The molecule has 0 saturated heterocycles. The summed E-state index contributed by atoms with van der Waals surface area (Å²) in [6.45, 7) is 2.72. The van der Waals surface area contributed by atoms with Gasteiger partial charge in [0.1, 0.15) is 5.75 Å². The fourth-order valence-electron chi connectivity index (χ4n) is 2.84. The van der Waals surface area contributed by atoms with E-state index in [0.29, 0.717) is 11.4 Å². The van der Waals surface area contributed by atoms with Crippen LogP contribution in [-0.2, 0) is 0 Å². The SMILES string of the molecule is CCOc1ccc(C(Br)C2CCCCCC2)cc1Br. The molecule has 1 unspecified atom stereocenters. The molecule has 0 aliphatic heterocycles. The minimum Gasteiger partial charge on any atom is -0.493 e. The molecule has 0 N–H and O–H groups in total.